The number of fused-ring (bicyclic) bond motifs is 1. The molecule has 10 heteroatoms. The molecule has 0 saturated heterocycles. The van der Waals surface area contributed by atoms with E-state index in [4.69, 9.17) is 23.2 Å². The molecule has 1 N–H and O–H groups in total. The van der Waals surface area contributed by atoms with Crippen LogP contribution in [-0.4, -0.2) is 50.0 Å². The summed E-state index contributed by atoms with van der Waals surface area (Å²) in [4.78, 5) is 29.1. The first kappa shape index (κ1) is 30.2. The summed E-state index contributed by atoms with van der Waals surface area (Å²) in [5.41, 5.74) is 0.892. The summed E-state index contributed by atoms with van der Waals surface area (Å²) < 4.78 is 27.2. The molecule has 0 heterocycles. The summed E-state index contributed by atoms with van der Waals surface area (Å²) in [5.74, 6) is -0.790. The van der Waals surface area contributed by atoms with Gasteiger partial charge in [-0.2, -0.15) is 0 Å². The molecule has 1 aliphatic rings. The molecule has 3 aromatic carbocycles. The first-order chi connectivity index (χ1) is 19.1. The van der Waals surface area contributed by atoms with Crippen LogP contribution in [-0.2, 0) is 26.2 Å². The van der Waals surface area contributed by atoms with Crippen molar-refractivity contribution in [1.29, 1.82) is 0 Å². The Morgan fingerprint density at radius 1 is 0.950 bits per heavy atom. The molecule has 1 aliphatic carbocycles. The van der Waals surface area contributed by atoms with E-state index in [1.54, 1.807) is 30.3 Å². The fourth-order valence-electron chi connectivity index (χ4n) is 5.34. The van der Waals surface area contributed by atoms with Gasteiger partial charge in [-0.15, -0.1) is 0 Å². The molecule has 1 fully saturated rings. The van der Waals surface area contributed by atoms with Crippen LogP contribution in [0.25, 0.3) is 10.8 Å². The average molecular weight is 605 g/mol. The lowest BCUT2D eigenvalue weighted by Gasteiger charge is -2.34. The third-order valence-corrected chi connectivity index (χ3v) is 9.28. The van der Waals surface area contributed by atoms with Gasteiger partial charge < -0.3 is 10.2 Å². The van der Waals surface area contributed by atoms with Crippen molar-refractivity contribution < 1.29 is 18.0 Å². The van der Waals surface area contributed by atoms with E-state index in [0.29, 0.717) is 33.1 Å². The number of carbonyl (C=O) groups excluding carboxylic acids is 2. The Bertz CT molecular complexity index is 1450. The van der Waals surface area contributed by atoms with Crippen LogP contribution in [0.1, 0.15) is 51.0 Å². The lowest BCUT2D eigenvalue weighted by atomic mass is 9.95. The van der Waals surface area contributed by atoms with Gasteiger partial charge in [0.25, 0.3) is 0 Å². The van der Waals surface area contributed by atoms with E-state index in [2.05, 4.69) is 5.32 Å². The van der Waals surface area contributed by atoms with Gasteiger partial charge in [0.2, 0.25) is 21.8 Å². The SMILES string of the molecule is CC[C@@H](C(=O)NC1CCCCC1)N(Cc1c(Cl)cccc1Cl)C(=O)CN(c1cccc2ccccc12)S(C)(=O)=O. The van der Waals surface area contributed by atoms with Crippen LogP contribution in [0.3, 0.4) is 0 Å². The number of nitrogens with zero attached hydrogens (tertiary/aromatic N) is 2. The molecule has 0 aromatic heterocycles. The number of hydrogen-bond acceptors (Lipinski definition) is 4. The molecule has 3 aromatic rings. The normalized spacial score (nSPS) is 15.0. The Morgan fingerprint density at radius 2 is 1.57 bits per heavy atom. The summed E-state index contributed by atoms with van der Waals surface area (Å²) >= 11 is 12.9. The van der Waals surface area contributed by atoms with Crippen molar-refractivity contribution in [2.24, 2.45) is 0 Å². The maximum atomic E-state index is 14.1. The van der Waals surface area contributed by atoms with Crippen LogP contribution >= 0.6 is 23.2 Å². The highest BCUT2D eigenvalue weighted by atomic mass is 35.5. The molecular formula is C30H35Cl2N3O4S. The van der Waals surface area contributed by atoms with Gasteiger partial charge in [-0.3, -0.25) is 13.9 Å². The number of benzene rings is 3. The molecule has 0 radical (unpaired) electrons. The number of rotatable bonds is 10. The predicted molar refractivity (Wildman–Crippen MR) is 162 cm³/mol. The van der Waals surface area contributed by atoms with Crippen molar-refractivity contribution in [1.82, 2.24) is 10.2 Å². The number of halogens is 2. The number of sulfonamides is 1. The minimum absolute atomic E-state index is 0.0406. The number of nitrogens with one attached hydrogen (secondary N) is 1. The molecular weight excluding hydrogens is 569 g/mol. The number of hydrogen-bond donors (Lipinski definition) is 1. The molecule has 214 valence electrons. The van der Waals surface area contributed by atoms with Crippen molar-refractivity contribution in [3.8, 4) is 0 Å². The van der Waals surface area contributed by atoms with Gasteiger partial charge >= 0.3 is 0 Å². The van der Waals surface area contributed by atoms with Gasteiger partial charge in [0.1, 0.15) is 12.6 Å². The second kappa shape index (κ2) is 13.2. The van der Waals surface area contributed by atoms with Crippen molar-refractivity contribution in [2.45, 2.75) is 64.1 Å². The monoisotopic (exact) mass is 603 g/mol. The number of carbonyl (C=O) groups is 2. The molecule has 1 saturated carbocycles. The standard InChI is InChI=1S/C30H35Cl2N3O4S/c1-3-27(30(37)33-22-13-5-4-6-14-22)34(19-24-25(31)16-10-17-26(24)32)29(36)20-35(40(2,38)39)28-18-9-12-21-11-7-8-15-23(21)28/h7-12,15-18,22,27H,3-6,13-14,19-20H2,1-2H3,(H,33,37)/t27-/m0/s1. The number of anilines is 1. The summed E-state index contributed by atoms with van der Waals surface area (Å²) in [7, 11) is -3.87. The van der Waals surface area contributed by atoms with Gasteiger partial charge in [-0.25, -0.2) is 8.42 Å². The second-order valence-electron chi connectivity index (χ2n) is 10.3. The quantitative estimate of drug-likeness (QED) is 0.300. The highest BCUT2D eigenvalue weighted by Gasteiger charge is 2.33. The van der Waals surface area contributed by atoms with E-state index >= 15 is 0 Å². The number of amides is 2. The zero-order valence-electron chi connectivity index (χ0n) is 22.8. The Labute approximate surface area is 246 Å². The third-order valence-electron chi connectivity index (χ3n) is 7.44. The van der Waals surface area contributed by atoms with Gasteiger partial charge in [0, 0.05) is 33.6 Å². The van der Waals surface area contributed by atoms with Crippen LogP contribution in [0, 0.1) is 0 Å². The predicted octanol–water partition coefficient (Wildman–Crippen LogP) is 6.17. The Balaban J connectivity index is 1.71. The first-order valence-corrected chi connectivity index (χ1v) is 16.2. The molecule has 0 unspecified atom stereocenters. The van der Waals surface area contributed by atoms with Crippen molar-refractivity contribution in [3.05, 3.63) is 76.3 Å². The van der Waals surface area contributed by atoms with E-state index in [-0.39, 0.29) is 18.5 Å². The fraction of sp³-hybridized carbons (Fsp3) is 0.400. The fourth-order valence-corrected chi connectivity index (χ4v) is 6.72. The van der Waals surface area contributed by atoms with Crippen LogP contribution in [0.4, 0.5) is 5.69 Å². The molecule has 0 aliphatic heterocycles. The minimum Gasteiger partial charge on any atom is -0.352 e. The molecule has 0 bridgehead atoms. The zero-order valence-corrected chi connectivity index (χ0v) is 25.1. The summed E-state index contributed by atoms with van der Waals surface area (Å²) in [6, 6.07) is 17.0. The van der Waals surface area contributed by atoms with Crippen molar-refractivity contribution in [2.75, 3.05) is 17.1 Å². The van der Waals surface area contributed by atoms with Gasteiger partial charge in [-0.1, -0.05) is 91.9 Å². The topological polar surface area (TPSA) is 86.8 Å². The van der Waals surface area contributed by atoms with E-state index in [0.717, 1.165) is 48.1 Å². The van der Waals surface area contributed by atoms with E-state index in [1.807, 2.05) is 37.3 Å². The largest absolute Gasteiger partial charge is 0.352 e. The van der Waals surface area contributed by atoms with Gasteiger partial charge in [0.15, 0.2) is 0 Å². The van der Waals surface area contributed by atoms with Crippen molar-refractivity contribution >= 4 is 61.5 Å². The molecule has 7 nitrogen and oxygen atoms in total. The van der Waals surface area contributed by atoms with Crippen LogP contribution in [0.15, 0.2) is 60.7 Å². The molecule has 0 spiro atoms. The van der Waals surface area contributed by atoms with E-state index in [1.165, 1.54) is 4.90 Å². The van der Waals surface area contributed by atoms with Crippen molar-refractivity contribution in [3.63, 3.8) is 0 Å². The molecule has 1 atom stereocenters. The lowest BCUT2D eigenvalue weighted by Crippen LogP contribution is -2.54. The lowest BCUT2D eigenvalue weighted by molar-refractivity contribution is -0.140. The van der Waals surface area contributed by atoms with Crippen LogP contribution < -0.4 is 9.62 Å². The molecule has 4 rings (SSSR count). The minimum atomic E-state index is -3.87. The zero-order chi connectivity index (χ0) is 28.9. The van der Waals surface area contributed by atoms with Gasteiger partial charge in [0.05, 0.1) is 11.9 Å². The Morgan fingerprint density at radius 3 is 2.23 bits per heavy atom. The molecule has 2 amide bonds. The van der Waals surface area contributed by atoms with E-state index in [9.17, 15) is 18.0 Å². The van der Waals surface area contributed by atoms with Crippen LogP contribution in [0.5, 0.6) is 0 Å². The summed E-state index contributed by atoms with van der Waals surface area (Å²) in [6.07, 6.45) is 6.45. The maximum absolute atomic E-state index is 14.1. The highest BCUT2D eigenvalue weighted by molar-refractivity contribution is 7.92. The first-order valence-electron chi connectivity index (χ1n) is 13.6. The summed E-state index contributed by atoms with van der Waals surface area (Å²) in [5, 5.41) is 5.40. The molecule has 40 heavy (non-hydrogen) atoms. The van der Waals surface area contributed by atoms with Crippen LogP contribution in [0.2, 0.25) is 10.0 Å². The maximum Gasteiger partial charge on any atom is 0.244 e. The van der Waals surface area contributed by atoms with Gasteiger partial charge in [-0.05, 0) is 42.8 Å². The smallest absolute Gasteiger partial charge is 0.244 e. The van der Waals surface area contributed by atoms with E-state index < -0.39 is 28.5 Å². The Kier molecular flexibility index (Phi) is 9.98. The third kappa shape index (κ3) is 7.09. The average Bonchev–Trinajstić information content (AvgIpc) is 2.92. The highest BCUT2D eigenvalue weighted by Crippen LogP contribution is 2.30. The second-order valence-corrected chi connectivity index (χ2v) is 13.0. The summed E-state index contributed by atoms with van der Waals surface area (Å²) in [6.45, 7) is 1.31. The Hall–Kier alpha value is -2.81.